The van der Waals surface area contributed by atoms with Crippen LogP contribution in [-0.2, 0) is 9.53 Å². The second kappa shape index (κ2) is 13.9. The second-order valence-electron chi connectivity index (χ2n) is 6.88. The summed E-state index contributed by atoms with van der Waals surface area (Å²) in [7, 11) is 0. The van der Waals surface area contributed by atoms with Gasteiger partial charge in [-0.25, -0.2) is 0 Å². The monoisotopic (exact) mass is 408 g/mol. The Bertz CT molecular complexity index is 655. The smallest absolute Gasteiger partial charge is 0.550 e. The Morgan fingerprint density at radius 1 is 0.862 bits per heavy atom. The number of hydrogen-bond donors (Lipinski definition) is 0. The fourth-order valence-corrected chi connectivity index (χ4v) is 3.43. The van der Waals surface area contributed by atoms with Crippen LogP contribution in [0.5, 0.6) is 0 Å². The Hall–Kier alpha value is -1.25. The molecule has 2 aromatic carbocycles. The van der Waals surface area contributed by atoms with E-state index < -0.39 is 5.97 Å². The first-order chi connectivity index (χ1) is 13.2. The third-order valence-electron chi connectivity index (χ3n) is 4.99. The van der Waals surface area contributed by atoms with Crippen molar-refractivity contribution in [2.75, 3.05) is 45.9 Å². The Morgan fingerprint density at radius 3 is 1.76 bits per heavy atom. The molecule has 2 aromatic rings. The van der Waals surface area contributed by atoms with E-state index in [1.807, 2.05) is 36.4 Å². The molecule has 1 fully saturated rings. The molecular formula is C22H29N2NaO4. The van der Waals surface area contributed by atoms with Crippen molar-refractivity contribution >= 4 is 5.97 Å². The van der Waals surface area contributed by atoms with Gasteiger partial charge in [-0.15, -0.1) is 0 Å². The average Bonchev–Trinajstić information content (AvgIpc) is 2.72. The molecule has 0 unspecified atom stereocenters. The van der Waals surface area contributed by atoms with Crippen LogP contribution >= 0.6 is 0 Å². The molecule has 1 saturated heterocycles. The molecule has 0 amide bonds. The maximum Gasteiger partial charge on any atom is 1.00 e. The molecule has 0 spiro atoms. The summed E-state index contributed by atoms with van der Waals surface area (Å²) in [6.45, 7) is 5.80. The fraction of sp³-hybridized carbons (Fsp3) is 0.409. The topological polar surface area (TPSA) is 87.3 Å². The Morgan fingerprint density at radius 2 is 1.31 bits per heavy atom. The van der Waals surface area contributed by atoms with Gasteiger partial charge in [0.2, 0.25) is 0 Å². The fourth-order valence-electron chi connectivity index (χ4n) is 3.43. The molecule has 152 valence electrons. The van der Waals surface area contributed by atoms with Gasteiger partial charge in [0, 0.05) is 45.2 Å². The van der Waals surface area contributed by atoms with E-state index in [1.54, 1.807) is 0 Å². The quantitative estimate of drug-likeness (QED) is 0.437. The number of carboxylic acids is 1. The van der Waals surface area contributed by atoms with Crippen LogP contribution in [-0.4, -0.2) is 67.1 Å². The zero-order valence-electron chi connectivity index (χ0n) is 17.1. The summed E-state index contributed by atoms with van der Waals surface area (Å²) in [6.07, 6.45) is 0.0515. The number of carbonyl (C=O) groups is 1. The molecule has 7 heteroatoms. The van der Waals surface area contributed by atoms with Gasteiger partial charge in [0.25, 0.3) is 0 Å². The standard InChI is InChI=1S/C22H28N2O3.Na.H2O/c25-21(26)11-12-23-13-15-24(16-14-23)17-18-27-22(19-7-3-1-4-8-19)20-9-5-2-6-10-20;;/h1-10,22H,11-18H2,(H,25,26);;1H2/q;+1;/p-1. The summed E-state index contributed by atoms with van der Waals surface area (Å²) in [5, 5.41) is 10.6. The number of carboxylic acid groups (broad SMARTS) is 1. The van der Waals surface area contributed by atoms with Gasteiger partial charge >= 0.3 is 29.6 Å². The zero-order valence-corrected chi connectivity index (χ0v) is 19.1. The minimum atomic E-state index is -0.973. The van der Waals surface area contributed by atoms with Crippen molar-refractivity contribution < 1.29 is 49.7 Å². The SMILES string of the molecule is O.O=C([O-])CCN1CCN(CCOC(c2ccccc2)c2ccccc2)CC1.[Na+]. The van der Waals surface area contributed by atoms with Crippen molar-refractivity contribution in [3.05, 3.63) is 71.8 Å². The van der Waals surface area contributed by atoms with Crippen LogP contribution in [0.15, 0.2) is 60.7 Å². The van der Waals surface area contributed by atoms with Gasteiger partial charge in [-0.2, -0.15) is 0 Å². The molecule has 0 aliphatic carbocycles. The van der Waals surface area contributed by atoms with Crippen LogP contribution in [0.3, 0.4) is 0 Å². The second-order valence-corrected chi connectivity index (χ2v) is 6.88. The van der Waals surface area contributed by atoms with E-state index in [0.717, 1.165) is 43.9 Å². The number of hydrogen-bond acceptors (Lipinski definition) is 5. The molecule has 0 saturated carbocycles. The number of aliphatic carboxylic acids is 1. The number of ether oxygens (including phenoxy) is 1. The van der Waals surface area contributed by atoms with Crippen molar-refractivity contribution in [1.29, 1.82) is 0 Å². The predicted octanol–water partition coefficient (Wildman–Crippen LogP) is -2.27. The maximum absolute atomic E-state index is 10.6. The van der Waals surface area contributed by atoms with Crippen LogP contribution in [0.4, 0.5) is 0 Å². The predicted molar refractivity (Wildman–Crippen MR) is 107 cm³/mol. The van der Waals surface area contributed by atoms with Crippen molar-refractivity contribution in [1.82, 2.24) is 9.80 Å². The summed E-state index contributed by atoms with van der Waals surface area (Å²) >= 11 is 0. The molecule has 0 atom stereocenters. The summed E-state index contributed by atoms with van der Waals surface area (Å²) in [6, 6.07) is 20.6. The van der Waals surface area contributed by atoms with Gasteiger partial charge in [0.1, 0.15) is 6.10 Å². The van der Waals surface area contributed by atoms with E-state index in [-0.39, 0.29) is 47.6 Å². The van der Waals surface area contributed by atoms with Gasteiger partial charge < -0.3 is 25.0 Å². The molecule has 6 nitrogen and oxygen atoms in total. The number of rotatable bonds is 9. The van der Waals surface area contributed by atoms with Gasteiger partial charge in [0.15, 0.2) is 0 Å². The third kappa shape index (κ3) is 8.56. The van der Waals surface area contributed by atoms with Gasteiger partial charge in [-0.3, -0.25) is 4.90 Å². The minimum Gasteiger partial charge on any atom is -0.550 e. The van der Waals surface area contributed by atoms with Crippen molar-refractivity contribution in [3.63, 3.8) is 0 Å². The normalized spacial score (nSPS) is 14.8. The summed E-state index contributed by atoms with van der Waals surface area (Å²) in [5.74, 6) is -0.973. The molecule has 2 N–H and O–H groups in total. The molecule has 0 radical (unpaired) electrons. The molecule has 0 bridgehead atoms. The summed E-state index contributed by atoms with van der Waals surface area (Å²) in [5.41, 5.74) is 2.33. The first-order valence-electron chi connectivity index (χ1n) is 9.58. The molecule has 1 aliphatic heterocycles. The van der Waals surface area contributed by atoms with E-state index >= 15 is 0 Å². The van der Waals surface area contributed by atoms with E-state index in [4.69, 9.17) is 4.74 Å². The van der Waals surface area contributed by atoms with Crippen LogP contribution < -0.4 is 34.7 Å². The number of benzene rings is 2. The van der Waals surface area contributed by atoms with E-state index in [1.165, 1.54) is 0 Å². The Labute approximate surface area is 195 Å². The maximum atomic E-state index is 10.6. The Balaban J connectivity index is 0.00000210. The average molecular weight is 408 g/mol. The van der Waals surface area contributed by atoms with Crippen LogP contribution in [0.25, 0.3) is 0 Å². The summed E-state index contributed by atoms with van der Waals surface area (Å²) < 4.78 is 6.28. The molecular weight excluding hydrogens is 379 g/mol. The number of nitrogens with zero attached hydrogens (tertiary/aromatic N) is 2. The van der Waals surface area contributed by atoms with Crippen LogP contribution in [0.2, 0.25) is 0 Å². The number of carbonyl (C=O) groups excluding carboxylic acids is 1. The van der Waals surface area contributed by atoms with Gasteiger partial charge in [0.05, 0.1) is 6.61 Å². The van der Waals surface area contributed by atoms with Crippen molar-refractivity contribution in [2.24, 2.45) is 0 Å². The van der Waals surface area contributed by atoms with Gasteiger partial charge in [-0.1, -0.05) is 60.7 Å². The van der Waals surface area contributed by atoms with Crippen molar-refractivity contribution in [3.8, 4) is 0 Å². The van der Waals surface area contributed by atoms with Gasteiger partial charge in [-0.05, 0) is 17.5 Å². The first-order valence-corrected chi connectivity index (χ1v) is 9.58. The Kier molecular flexibility index (Phi) is 12.3. The molecule has 3 rings (SSSR count). The minimum absolute atomic E-state index is 0. The first kappa shape index (κ1) is 25.8. The molecule has 1 heterocycles. The largest absolute Gasteiger partial charge is 1.00 e. The molecule has 1 aliphatic rings. The van der Waals surface area contributed by atoms with Crippen LogP contribution in [0, 0.1) is 0 Å². The summed E-state index contributed by atoms with van der Waals surface area (Å²) in [4.78, 5) is 15.1. The molecule has 29 heavy (non-hydrogen) atoms. The third-order valence-corrected chi connectivity index (χ3v) is 4.99. The number of piperazine rings is 1. The van der Waals surface area contributed by atoms with E-state index in [9.17, 15) is 9.90 Å². The van der Waals surface area contributed by atoms with E-state index in [2.05, 4.69) is 34.1 Å². The van der Waals surface area contributed by atoms with E-state index in [0.29, 0.717) is 13.2 Å². The molecule has 0 aromatic heterocycles. The van der Waals surface area contributed by atoms with Crippen molar-refractivity contribution in [2.45, 2.75) is 12.5 Å². The zero-order chi connectivity index (χ0) is 18.9. The van der Waals surface area contributed by atoms with Crippen LogP contribution in [0.1, 0.15) is 23.7 Å².